The number of hydrogen-bond donors (Lipinski definition) is 0. The largest absolute Gasteiger partial charge is 0.0651 e. The molecule has 0 aliphatic carbocycles. The van der Waals surface area contributed by atoms with Crippen LogP contribution in [0, 0.1) is 0 Å². The lowest BCUT2D eigenvalue weighted by Crippen LogP contribution is -1.87. The Labute approximate surface area is 146 Å². The molecule has 0 heterocycles. The first-order chi connectivity index (χ1) is 11.8. The molecule has 3 aromatic rings. The van der Waals surface area contributed by atoms with Gasteiger partial charge in [-0.15, -0.1) is 0 Å². The van der Waals surface area contributed by atoms with Crippen molar-refractivity contribution in [1.29, 1.82) is 0 Å². The lowest BCUT2D eigenvalue weighted by molar-refractivity contribution is 0.922. The average Bonchev–Trinajstić information content (AvgIpc) is 2.63. The SMILES string of the molecule is CCCc1cccc(-c2cccc(-c3cccc(CCC)c3)c2)c1. The monoisotopic (exact) mass is 314 g/mol. The number of hydrogen-bond acceptors (Lipinski definition) is 0. The van der Waals surface area contributed by atoms with Gasteiger partial charge in [-0.1, -0.05) is 93.4 Å². The molecule has 3 rings (SSSR count). The Hall–Kier alpha value is -2.34. The van der Waals surface area contributed by atoms with E-state index in [1.54, 1.807) is 0 Å². The van der Waals surface area contributed by atoms with Gasteiger partial charge in [0.15, 0.2) is 0 Å². The van der Waals surface area contributed by atoms with Crippen molar-refractivity contribution in [3.63, 3.8) is 0 Å². The maximum absolute atomic E-state index is 2.33. The standard InChI is InChI=1S/C24H26/c1-3-8-19-10-5-12-21(16-19)23-14-7-15-24(18-23)22-13-6-11-20(17-22)9-4-2/h5-7,10-18H,3-4,8-9H2,1-2H3. The highest BCUT2D eigenvalue weighted by molar-refractivity contribution is 5.73. The predicted molar refractivity (Wildman–Crippen MR) is 105 cm³/mol. The molecule has 24 heavy (non-hydrogen) atoms. The highest BCUT2D eigenvalue weighted by Crippen LogP contribution is 2.28. The van der Waals surface area contributed by atoms with E-state index < -0.39 is 0 Å². The maximum Gasteiger partial charge on any atom is -0.0178 e. The molecular formula is C24H26. The molecule has 0 spiro atoms. The fourth-order valence-electron chi connectivity index (χ4n) is 3.27. The van der Waals surface area contributed by atoms with Gasteiger partial charge in [0.25, 0.3) is 0 Å². The molecule has 3 aromatic carbocycles. The first-order valence-corrected chi connectivity index (χ1v) is 9.09. The minimum absolute atomic E-state index is 1.15. The highest BCUT2D eigenvalue weighted by Gasteiger charge is 2.03. The quantitative estimate of drug-likeness (QED) is 0.463. The number of rotatable bonds is 6. The summed E-state index contributed by atoms with van der Waals surface area (Å²) in [6, 6.07) is 26.8. The van der Waals surface area contributed by atoms with Gasteiger partial charge in [0.1, 0.15) is 0 Å². The first kappa shape index (κ1) is 16.5. The maximum atomic E-state index is 2.33. The Balaban J connectivity index is 1.94. The van der Waals surface area contributed by atoms with Gasteiger partial charge >= 0.3 is 0 Å². The molecule has 0 fully saturated rings. The van der Waals surface area contributed by atoms with Gasteiger partial charge < -0.3 is 0 Å². The molecule has 122 valence electrons. The second-order valence-corrected chi connectivity index (χ2v) is 6.48. The molecule has 0 aliphatic heterocycles. The van der Waals surface area contributed by atoms with E-state index in [1.807, 2.05) is 0 Å². The van der Waals surface area contributed by atoms with Crippen LogP contribution in [0.4, 0.5) is 0 Å². The summed E-state index contributed by atoms with van der Waals surface area (Å²) in [4.78, 5) is 0. The molecule has 0 aromatic heterocycles. The van der Waals surface area contributed by atoms with Gasteiger partial charge in [-0.25, -0.2) is 0 Å². The third kappa shape index (κ3) is 3.94. The minimum atomic E-state index is 1.15. The second kappa shape index (κ2) is 7.97. The average molecular weight is 314 g/mol. The molecule has 0 unspecified atom stereocenters. The fourth-order valence-corrected chi connectivity index (χ4v) is 3.27. The lowest BCUT2D eigenvalue weighted by atomic mass is 9.96. The van der Waals surface area contributed by atoms with Gasteiger partial charge in [0.05, 0.1) is 0 Å². The number of benzene rings is 3. The van der Waals surface area contributed by atoms with Crippen molar-refractivity contribution in [2.75, 3.05) is 0 Å². The van der Waals surface area contributed by atoms with Gasteiger partial charge in [0.2, 0.25) is 0 Å². The van der Waals surface area contributed by atoms with Crippen molar-refractivity contribution in [3.05, 3.63) is 83.9 Å². The summed E-state index contributed by atoms with van der Waals surface area (Å²) >= 11 is 0. The molecule has 0 atom stereocenters. The molecule has 0 bridgehead atoms. The van der Waals surface area contributed by atoms with E-state index in [9.17, 15) is 0 Å². The zero-order chi connectivity index (χ0) is 16.8. The molecule has 0 amide bonds. The molecule has 0 saturated heterocycles. The van der Waals surface area contributed by atoms with E-state index in [1.165, 1.54) is 46.2 Å². The summed E-state index contributed by atoms with van der Waals surface area (Å²) in [7, 11) is 0. The fraction of sp³-hybridized carbons (Fsp3) is 0.250. The van der Waals surface area contributed by atoms with Crippen molar-refractivity contribution in [2.45, 2.75) is 39.5 Å². The van der Waals surface area contributed by atoms with Crippen molar-refractivity contribution in [1.82, 2.24) is 0 Å². The molecule has 0 heteroatoms. The zero-order valence-electron chi connectivity index (χ0n) is 14.8. The predicted octanol–water partition coefficient (Wildman–Crippen LogP) is 6.93. The molecule has 0 N–H and O–H groups in total. The summed E-state index contributed by atoms with van der Waals surface area (Å²) in [5, 5.41) is 0. The smallest absolute Gasteiger partial charge is 0.0178 e. The van der Waals surface area contributed by atoms with E-state index >= 15 is 0 Å². The van der Waals surface area contributed by atoms with Crippen LogP contribution < -0.4 is 0 Å². The van der Waals surface area contributed by atoms with E-state index in [-0.39, 0.29) is 0 Å². The van der Waals surface area contributed by atoms with Gasteiger partial charge in [-0.2, -0.15) is 0 Å². The van der Waals surface area contributed by atoms with Crippen molar-refractivity contribution in [3.8, 4) is 22.3 Å². The van der Waals surface area contributed by atoms with Crippen LogP contribution in [-0.2, 0) is 12.8 Å². The summed E-state index contributed by atoms with van der Waals surface area (Å²) < 4.78 is 0. The Bertz CT molecular complexity index is 734. The van der Waals surface area contributed by atoms with E-state index in [0.717, 1.165) is 12.8 Å². The van der Waals surface area contributed by atoms with Crippen LogP contribution >= 0.6 is 0 Å². The Morgan fingerprint density at radius 2 is 0.875 bits per heavy atom. The molecule has 0 radical (unpaired) electrons. The van der Waals surface area contributed by atoms with E-state index in [0.29, 0.717) is 0 Å². The summed E-state index contributed by atoms with van der Waals surface area (Å²) in [5.41, 5.74) is 8.06. The Morgan fingerprint density at radius 1 is 0.500 bits per heavy atom. The molecule has 0 saturated carbocycles. The van der Waals surface area contributed by atoms with Crippen molar-refractivity contribution in [2.24, 2.45) is 0 Å². The van der Waals surface area contributed by atoms with E-state index in [4.69, 9.17) is 0 Å². The summed E-state index contributed by atoms with van der Waals surface area (Å²) in [6.45, 7) is 4.47. The van der Waals surface area contributed by atoms with Crippen LogP contribution in [0.25, 0.3) is 22.3 Å². The topological polar surface area (TPSA) is 0 Å². The summed E-state index contributed by atoms with van der Waals surface area (Å²) in [5.74, 6) is 0. The van der Waals surface area contributed by atoms with Crippen LogP contribution in [0.5, 0.6) is 0 Å². The van der Waals surface area contributed by atoms with Gasteiger partial charge in [-0.3, -0.25) is 0 Å². The molecule has 0 nitrogen and oxygen atoms in total. The van der Waals surface area contributed by atoms with Crippen LogP contribution in [0.1, 0.15) is 37.8 Å². The molecule has 0 aliphatic rings. The van der Waals surface area contributed by atoms with Crippen LogP contribution in [0.2, 0.25) is 0 Å². The first-order valence-electron chi connectivity index (χ1n) is 9.09. The van der Waals surface area contributed by atoms with E-state index in [2.05, 4.69) is 86.6 Å². The van der Waals surface area contributed by atoms with Crippen molar-refractivity contribution >= 4 is 0 Å². The normalized spacial score (nSPS) is 10.8. The van der Waals surface area contributed by atoms with Crippen molar-refractivity contribution < 1.29 is 0 Å². The zero-order valence-corrected chi connectivity index (χ0v) is 14.8. The Kier molecular flexibility index (Phi) is 5.48. The second-order valence-electron chi connectivity index (χ2n) is 6.48. The number of aryl methyl sites for hydroxylation is 2. The highest BCUT2D eigenvalue weighted by atomic mass is 14.1. The van der Waals surface area contributed by atoms with Crippen LogP contribution in [-0.4, -0.2) is 0 Å². The molecular weight excluding hydrogens is 288 g/mol. The third-order valence-corrected chi connectivity index (χ3v) is 4.46. The lowest BCUT2D eigenvalue weighted by Gasteiger charge is -2.09. The summed E-state index contributed by atoms with van der Waals surface area (Å²) in [6.07, 6.45) is 4.67. The third-order valence-electron chi connectivity index (χ3n) is 4.46. The van der Waals surface area contributed by atoms with Crippen LogP contribution in [0.3, 0.4) is 0 Å². The minimum Gasteiger partial charge on any atom is -0.0651 e. The van der Waals surface area contributed by atoms with Crippen LogP contribution in [0.15, 0.2) is 72.8 Å². The van der Waals surface area contributed by atoms with Gasteiger partial charge in [0, 0.05) is 0 Å². The van der Waals surface area contributed by atoms with Gasteiger partial charge in [-0.05, 0) is 52.3 Å². The Morgan fingerprint density at radius 3 is 1.29 bits per heavy atom.